The second-order valence-corrected chi connectivity index (χ2v) is 7.09. The Bertz CT molecular complexity index is 749. The van der Waals surface area contributed by atoms with Gasteiger partial charge >= 0.3 is 6.18 Å². The van der Waals surface area contributed by atoms with E-state index in [4.69, 9.17) is 15.6 Å². The smallest absolute Gasteiger partial charge is 0.419 e. The van der Waals surface area contributed by atoms with Gasteiger partial charge in [0.15, 0.2) is 0 Å². The molecule has 0 aliphatic carbocycles. The first kappa shape index (κ1) is 23.2. The van der Waals surface area contributed by atoms with E-state index in [-0.39, 0.29) is 19.0 Å². The van der Waals surface area contributed by atoms with Gasteiger partial charge in [-0.1, -0.05) is 51.2 Å². The molecule has 0 aliphatic heterocycles. The van der Waals surface area contributed by atoms with Gasteiger partial charge in [-0.25, -0.2) is 0 Å². The van der Waals surface area contributed by atoms with E-state index >= 15 is 0 Å². The van der Waals surface area contributed by atoms with E-state index < -0.39 is 17.8 Å². The monoisotopic (exact) mass is 410 g/mol. The molecule has 160 valence electrons. The van der Waals surface area contributed by atoms with Gasteiger partial charge in [0.1, 0.15) is 5.75 Å². The second-order valence-electron chi connectivity index (χ2n) is 7.09. The maximum atomic E-state index is 13.5. The standard InChI is InChI=1S/C22H29F3N2O2/c1-2-3-4-5-6-7-12-29-21-11-9-16(13-18(21)22(23,24)25)17-8-10-20(27-14-17)19(26)15-28/h8-11,13-14,19,28H,2-7,12,15,26H2,1H3. The molecule has 3 N–H and O–H groups in total. The molecule has 1 aromatic heterocycles. The highest BCUT2D eigenvalue weighted by Gasteiger charge is 2.34. The summed E-state index contributed by atoms with van der Waals surface area (Å²) in [5, 5.41) is 9.07. The number of aliphatic hydroxyl groups excluding tert-OH is 1. The maximum absolute atomic E-state index is 13.5. The van der Waals surface area contributed by atoms with E-state index in [1.807, 2.05) is 0 Å². The van der Waals surface area contributed by atoms with Crippen LogP contribution in [0.5, 0.6) is 5.75 Å². The van der Waals surface area contributed by atoms with Crippen LogP contribution in [-0.2, 0) is 6.18 Å². The lowest BCUT2D eigenvalue weighted by atomic mass is 10.0. The molecule has 7 heteroatoms. The number of hydrogen-bond donors (Lipinski definition) is 2. The van der Waals surface area contributed by atoms with Crippen molar-refractivity contribution in [2.24, 2.45) is 5.73 Å². The molecule has 0 amide bonds. The number of rotatable bonds is 11. The summed E-state index contributed by atoms with van der Waals surface area (Å²) in [6, 6.07) is 6.67. The fourth-order valence-electron chi connectivity index (χ4n) is 3.01. The highest BCUT2D eigenvalue weighted by Crippen LogP contribution is 2.39. The van der Waals surface area contributed by atoms with Crippen molar-refractivity contribution in [3.63, 3.8) is 0 Å². The van der Waals surface area contributed by atoms with E-state index in [2.05, 4.69) is 11.9 Å². The minimum Gasteiger partial charge on any atom is -0.493 e. The van der Waals surface area contributed by atoms with Gasteiger partial charge in [0.2, 0.25) is 0 Å². The van der Waals surface area contributed by atoms with Crippen LogP contribution in [0.3, 0.4) is 0 Å². The van der Waals surface area contributed by atoms with Crippen LogP contribution in [0.1, 0.15) is 62.7 Å². The Labute approximate surface area is 169 Å². The van der Waals surface area contributed by atoms with Gasteiger partial charge < -0.3 is 15.6 Å². The van der Waals surface area contributed by atoms with Crippen molar-refractivity contribution in [1.82, 2.24) is 4.98 Å². The normalized spacial score (nSPS) is 12.8. The number of hydrogen-bond acceptors (Lipinski definition) is 4. The zero-order valence-corrected chi connectivity index (χ0v) is 16.7. The molecule has 1 heterocycles. The van der Waals surface area contributed by atoms with E-state index in [0.29, 0.717) is 16.8 Å². The lowest BCUT2D eigenvalue weighted by Gasteiger charge is -2.16. The van der Waals surface area contributed by atoms with Gasteiger partial charge in [0.05, 0.1) is 30.5 Å². The Hall–Kier alpha value is -2.12. The summed E-state index contributed by atoms with van der Waals surface area (Å²) in [7, 11) is 0. The summed E-state index contributed by atoms with van der Waals surface area (Å²) >= 11 is 0. The fraction of sp³-hybridized carbons (Fsp3) is 0.500. The molecule has 2 aromatic rings. The Morgan fingerprint density at radius 3 is 2.34 bits per heavy atom. The quantitative estimate of drug-likeness (QED) is 0.480. The van der Waals surface area contributed by atoms with Crippen molar-refractivity contribution < 1.29 is 23.0 Å². The van der Waals surface area contributed by atoms with Crippen molar-refractivity contribution in [2.75, 3.05) is 13.2 Å². The van der Waals surface area contributed by atoms with Crippen molar-refractivity contribution in [3.05, 3.63) is 47.8 Å². The zero-order valence-electron chi connectivity index (χ0n) is 16.7. The molecule has 0 aliphatic rings. The third-order valence-electron chi connectivity index (χ3n) is 4.74. The summed E-state index contributed by atoms with van der Waals surface area (Å²) < 4.78 is 46.1. The molecule has 0 spiro atoms. The van der Waals surface area contributed by atoms with Gasteiger partial charge in [0.25, 0.3) is 0 Å². The maximum Gasteiger partial charge on any atom is 0.419 e. The minimum atomic E-state index is -4.51. The number of ether oxygens (including phenoxy) is 1. The number of alkyl halides is 3. The molecular weight excluding hydrogens is 381 g/mol. The third kappa shape index (κ3) is 7.01. The van der Waals surface area contributed by atoms with Crippen LogP contribution in [0.15, 0.2) is 36.5 Å². The van der Waals surface area contributed by atoms with Gasteiger partial charge in [-0.2, -0.15) is 13.2 Å². The largest absolute Gasteiger partial charge is 0.493 e. The van der Waals surface area contributed by atoms with Crippen LogP contribution >= 0.6 is 0 Å². The van der Waals surface area contributed by atoms with Gasteiger partial charge in [-0.05, 0) is 30.2 Å². The molecule has 1 atom stereocenters. The number of unbranched alkanes of at least 4 members (excludes halogenated alkanes) is 5. The molecule has 2 rings (SSSR count). The molecule has 1 unspecified atom stereocenters. The average Bonchev–Trinajstić information content (AvgIpc) is 2.72. The van der Waals surface area contributed by atoms with E-state index in [1.54, 1.807) is 18.2 Å². The number of halogens is 3. The summed E-state index contributed by atoms with van der Waals surface area (Å²) in [5.41, 5.74) is 6.31. The number of benzene rings is 1. The van der Waals surface area contributed by atoms with Crippen LogP contribution in [-0.4, -0.2) is 23.3 Å². The second kappa shape index (κ2) is 11.2. The first-order valence-corrected chi connectivity index (χ1v) is 10.0. The number of aromatic nitrogens is 1. The van der Waals surface area contributed by atoms with Gasteiger partial charge in [-0.15, -0.1) is 0 Å². The molecule has 1 aromatic carbocycles. The first-order valence-electron chi connectivity index (χ1n) is 10.0. The third-order valence-corrected chi connectivity index (χ3v) is 4.74. The molecule has 29 heavy (non-hydrogen) atoms. The first-order chi connectivity index (χ1) is 13.9. The summed E-state index contributed by atoms with van der Waals surface area (Å²) in [5.74, 6) is -0.151. The summed E-state index contributed by atoms with van der Waals surface area (Å²) in [6.07, 6.45) is 3.19. The zero-order chi connectivity index (χ0) is 21.3. The fourth-order valence-corrected chi connectivity index (χ4v) is 3.01. The molecule has 0 radical (unpaired) electrons. The van der Waals surface area contributed by atoms with Crippen LogP contribution in [0.2, 0.25) is 0 Å². The Morgan fingerprint density at radius 2 is 1.72 bits per heavy atom. The number of aliphatic hydroxyl groups is 1. The number of nitrogens with zero attached hydrogens (tertiary/aromatic N) is 1. The molecule has 0 saturated heterocycles. The van der Waals surface area contributed by atoms with Crippen molar-refractivity contribution in [2.45, 2.75) is 57.7 Å². The van der Waals surface area contributed by atoms with Crippen LogP contribution < -0.4 is 10.5 Å². The highest BCUT2D eigenvalue weighted by atomic mass is 19.4. The van der Waals surface area contributed by atoms with Crippen molar-refractivity contribution in [3.8, 4) is 16.9 Å². The van der Waals surface area contributed by atoms with E-state index in [9.17, 15) is 13.2 Å². The number of pyridine rings is 1. The molecule has 0 fully saturated rings. The SMILES string of the molecule is CCCCCCCCOc1ccc(-c2ccc(C(N)CO)nc2)cc1C(F)(F)F. The van der Waals surface area contributed by atoms with Crippen molar-refractivity contribution in [1.29, 1.82) is 0 Å². The lowest BCUT2D eigenvalue weighted by Crippen LogP contribution is -2.15. The molecule has 4 nitrogen and oxygen atoms in total. The Morgan fingerprint density at radius 1 is 1.03 bits per heavy atom. The number of nitrogens with two attached hydrogens (primary N) is 1. The van der Waals surface area contributed by atoms with Gasteiger partial charge in [0, 0.05) is 11.8 Å². The lowest BCUT2D eigenvalue weighted by molar-refractivity contribution is -0.138. The van der Waals surface area contributed by atoms with E-state index in [0.717, 1.165) is 38.2 Å². The average molecular weight is 410 g/mol. The molecular formula is C22H29F3N2O2. The molecule has 0 saturated carbocycles. The van der Waals surface area contributed by atoms with E-state index in [1.165, 1.54) is 18.7 Å². The minimum absolute atomic E-state index is 0.151. The summed E-state index contributed by atoms with van der Waals surface area (Å²) in [6.45, 7) is 2.15. The highest BCUT2D eigenvalue weighted by molar-refractivity contribution is 5.65. The van der Waals surface area contributed by atoms with Crippen LogP contribution in [0.25, 0.3) is 11.1 Å². The molecule has 0 bridgehead atoms. The van der Waals surface area contributed by atoms with Crippen molar-refractivity contribution >= 4 is 0 Å². The van der Waals surface area contributed by atoms with Crippen LogP contribution in [0.4, 0.5) is 13.2 Å². The topological polar surface area (TPSA) is 68.4 Å². The predicted molar refractivity (Wildman–Crippen MR) is 108 cm³/mol. The van der Waals surface area contributed by atoms with Gasteiger partial charge in [-0.3, -0.25) is 4.98 Å². The summed E-state index contributed by atoms with van der Waals surface area (Å²) in [4.78, 5) is 4.13. The van der Waals surface area contributed by atoms with Crippen LogP contribution in [0, 0.1) is 0 Å². The Balaban J connectivity index is 2.09. The predicted octanol–water partition coefficient (Wildman–Crippen LogP) is 5.50. The Kier molecular flexibility index (Phi) is 8.92.